The molecule has 0 spiro atoms. The molecule has 5 heteroatoms. The maximum absolute atomic E-state index is 13.0. The third-order valence-corrected chi connectivity index (χ3v) is 7.63. The van der Waals surface area contributed by atoms with Crippen LogP contribution in [-0.4, -0.2) is 9.52 Å². The van der Waals surface area contributed by atoms with Crippen LogP contribution in [0, 0.1) is 11.3 Å². The van der Waals surface area contributed by atoms with Gasteiger partial charge in [0.2, 0.25) is 5.12 Å². The molecule has 0 saturated heterocycles. The lowest BCUT2D eigenvalue weighted by atomic mass is 10.1. The Kier molecular flexibility index (Phi) is 5.72. The molecule has 154 valence electrons. The molecule has 0 radical (unpaired) electrons. The van der Waals surface area contributed by atoms with Gasteiger partial charge in [0, 0.05) is 17.5 Å². The fourth-order valence-electron chi connectivity index (χ4n) is 3.79. The molecule has 0 saturated carbocycles. The summed E-state index contributed by atoms with van der Waals surface area (Å²) in [6, 6.07) is 32.0. The van der Waals surface area contributed by atoms with Crippen LogP contribution in [0.5, 0.6) is 0 Å². The van der Waals surface area contributed by atoms with Gasteiger partial charge >= 0.3 is 0 Å². The van der Waals surface area contributed by atoms with Crippen molar-refractivity contribution in [3.05, 3.63) is 114 Å². The van der Waals surface area contributed by atoms with Gasteiger partial charge in [-0.25, -0.2) is 0 Å². The Morgan fingerprint density at radius 1 is 0.844 bits per heavy atom. The van der Waals surface area contributed by atoms with Crippen molar-refractivity contribution in [2.75, 3.05) is 0 Å². The van der Waals surface area contributed by atoms with Crippen molar-refractivity contribution in [2.24, 2.45) is 0 Å². The number of pyridine rings is 1. The number of hydrogen-bond acceptors (Lipinski definition) is 4. The van der Waals surface area contributed by atoms with E-state index in [9.17, 15) is 10.1 Å². The number of hydrogen-bond donors (Lipinski definition) is 0. The van der Waals surface area contributed by atoms with Gasteiger partial charge in [-0.05, 0) is 40.2 Å². The van der Waals surface area contributed by atoms with Crippen LogP contribution in [0.1, 0.15) is 21.6 Å². The molecule has 2 heterocycles. The first-order chi connectivity index (χ1) is 15.8. The summed E-state index contributed by atoms with van der Waals surface area (Å²) >= 11 is 2.81. The van der Waals surface area contributed by atoms with Crippen LogP contribution >= 0.6 is 23.5 Å². The Balaban J connectivity index is 1.56. The van der Waals surface area contributed by atoms with Crippen molar-refractivity contribution in [2.45, 2.75) is 15.5 Å². The van der Waals surface area contributed by atoms with Gasteiger partial charge in [-0.1, -0.05) is 78.9 Å². The predicted octanol–water partition coefficient (Wildman–Crippen LogP) is 7.19. The quantitative estimate of drug-likeness (QED) is 0.266. The lowest BCUT2D eigenvalue weighted by Crippen LogP contribution is -1.93. The maximum Gasteiger partial charge on any atom is 0.224 e. The van der Waals surface area contributed by atoms with E-state index in [4.69, 9.17) is 0 Å². The van der Waals surface area contributed by atoms with Crippen molar-refractivity contribution in [1.29, 1.82) is 5.26 Å². The standard InChI is InChI=1S/C27H18N2OS2/c28-17-24-25(31-18-21-13-8-12-19-9-4-5-14-22(19)21)26(23-15-6-7-16-29(23)24)32-27(30)20-10-2-1-3-11-20/h1-16H,18H2. The van der Waals surface area contributed by atoms with E-state index < -0.39 is 0 Å². The smallest absolute Gasteiger partial charge is 0.224 e. The highest BCUT2D eigenvalue weighted by Gasteiger charge is 2.22. The molecule has 0 aliphatic rings. The van der Waals surface area contributed by atoms with E-state index in [0.717, 1.165) is 15.3 Å². The van der Waals surface area contributed by atoms with Crippen molar-refractivity contribution >= 4 is 44.9 Å². The van der Waals surface area contributed by atoms with Crippen molar-refractivity contribution in [3.63, 3.8) is 0 Å². The zero-order chi connectivity index (χ0) is 21.9. The van der Waals surface area contributed by atoms with E-state index in [1.54, 1.807) is 11.8 Å². The Labute approximate surface area is 194 Å². The summed E-state index contributed by atoms with van der Waals surface area (Å²) in [7, 11) is 0. The second-order valence-corrected chi connectivity index (χ2v) is 9.23. The molecule has 3 nitrogen and oxygen atoms in total. The highest BCUT2D eigenvalue weighted by atomic mass is 32.2. The molecular weight excluding hydrogens is 432 g/mol. The average molecular weight is 451 g/mol. The molecule has 5 aromatic rings. The third kappa shape index (κ3) is 3.80. The van der Waals surface area contributed by atoms with Crippen LogP contribution in [0.2, 0.25) is 0 Å². The first kappa shape index (κ1) is 20.4. The molecule has 32 heavy (non-hydrogen) atoms. The Morgan fingerprint density at radius 2 is 1.59 bits per heavy atom. The summed E-state index contributed by atoms with van der Waals surface area (Å²) in [6.07, 6.45) is 1.88. The number of aromatic nitrogens is 1. The number of carbonyl (C=O) groups excluding carboxylic acids is 1. The molecule has 3 aromatic carbocycles. The van der Waals surface area contributed by atoms with E-state index in [-0.39, 0.29) is 5.12 Å². The van der Waals surface area contributed by atoms with Gasteiger partial charge in [0.05, 0.1) is 15.3 Å². The van der Waals surface area contributed by atoms with Crippen LogP contribution < -0.4 is 0 Å². The van der Waals surface area contributed by atoms with E-state index in [1.165, 1.54) is 28.1 Å². The van der Waals surface area contributed by atoms with Gasteiger partial charge in [-0.2, -0.15) is 5.26 Å². The number of thioether (sulfide) groups is 2. The average Bonchev–Trinajstić information content (AvgIpc) is 3.15. The molecule has 0 aliphatic carbocycles. The highest BCUT2D eigenvalue weighted by Crippen LogP contribution is 2.42. The van der Waals surface area contributed by atoms with Crippen LogP contribution in [0.15, 0.2) is 107 Å². The number of rotatable bonds is 5. The summed E-state index contributed by atoms with van der Waals surface area (Å²) in [4.78, 5) is 14.7. The molecule has 0 aliphatic heterocycles. The second kappa shape index (κ2) is 8.96. The summed E-state index contributed by atoms with van der Waals surface area (Å²) in [5.74, 6) is 0.708. The molecule has 0 amide bonds. The van der Waals surface area contributed by atoms with Crippen molar-refractivity contribution in [3.8, 4) is 6.07 Å². The van der Waals surface area contributed by atoms with Crippen molar-refractivity contribution in [1.82, 2.24) is 4.40 Å². The monoisotopic (exact) mass is 450 g/mol. The zero-order valence-electron chi connectivity index (χ0n) is 17.1. The molecule has 0 N–H and O–H groups in total. The van der Waals surface area contributed by atoms with Gasteiger partial charge in [0.15, 0.2) is 0 Å². The highest BCUT2D eigenvalue weighted by molar-refractivity contribution is 8.14. The minimum atomic E-state index is -0.0292. The summed E-state index contributed by atoms with van der Waals surface area (Å²) < 4.78 is 1.88. The van der Waals surface area contributed by atoms with Gasteiger partial charge in [0.1, 0.15) is 11.8 Å². The molecule has 0 bridgehead atoms. The third-order valence-electron chi connectivity index (χ3n) is 5.32. The van der Waals surface area contributed by atoms with Gasteiger partial charge in [0.25, 0.3) is 0 Å². The van der Waals surface area contributed by atoms with E-state index in [0.29, 0.717) is 17.0 Å². The lowest BCUT2D eigenvalue weighted by Gasteiger charge is -2.08. The molecule has 0 atom stereocenters. The molecule has 0 fully saturated rings. The fourth-order valence-corrected chi connectivity index (χ4v) is 6.06. The Hall–Kier alpha value is -3.46. The summed E-state index contributed by atoms with van der Waals surface area (Å²) in [5, 5.41) is 12.3. The van der Waals surface area contributed by atoms with E-state index >= 15 is 0 Å². The molecule has 5 rings (SSSR count). The van der Waals surface area contributed by atoms with Gasteiger partial charge in [-0.3, -0.25) is 4.79 Å². The number of benzene rings is 3. The van der Waals surface area contributed by atoms with Crippen LogP contribution in [0.4, 0.5) is 0 Å². The molecular formula is C27H18N2OS2. The lowest BCUT2D eigenvalue weighted by molar-refractivity contribution is 0.108. The Bertz CT molecular complexity index is 1480. The predicted molar refractivity (Wildman–Crippen MR) is 132 cm³/mol. The first-order valence-corrected chi connectivity index (χ1v) is 12.0. The number of carbonyl (C=O) groups is 1. The molecule has 0 unspecified atom stereocenters. The minimum Gasteiger partial charge on any atom is -0.306 e. The minimum absolute atomic E-state index is 0.0292. The topological polar surface area (TPSA) is 45.3 Å². The molecule has 2 aromatic heterocycles. The second-order valence-electron chi connectivity index (χ2n) is 7.26. The van der Waals surface area contributed by atoms with E-state index in [1.807, 2.05) is 71.3 Å². The Morgan fingerprint density at radius 3 is 2.44 bits per heavy atom. The normalized spacial score (nSPS) is 11.0. The van der Waals surface area contributed by atoms with E-state index in [2.05, 4.69) is 36.4 Å². The zero-order valence-corrected chi connectivity index (χ0v) is 18.7. The largest absolute Gasteiger partial charge is 0.306 e. The van der Waals surface area contributed by atoms with Crippen molar-refractivity contribution < 1.29 is 4.79 Å². The van der Waals surface area contributed by atoms with Gasteiger partial charge < -0.3 is 4.40 Å². The maximum atomic E-state index is 13.0. The van der Waals surface area contributed by atoms with Crippen LogP contribution in [0.3, 0.4) is 0 Å². The van der Waals surface area contributed by atoms with Crippen LogP contribution in [-0.2, 0) is 5.75 Å². The van der Waals surface area contributed by atoms with Gasteiger partial charge in [-0.15, -0.1) is 11.8 Å². The summed E-state index contributed by atoms with van der Waals surface area (Å²) in [6.45, 7) is 0. The van der Waals surface area contributed by atoms with Crippen LogP contribution in [0.25, 0.3) is 16.3 Å². The number of nitriles is 1. The number of nitrogens with zero attached hydrogens (tertiary/aromatic N) is 2. The SMILES string of the molecule is N#Cc1c(SCc2cccc3ccccc23)c(SC(=O)c2ccccc2)c2ccccn12. The fraction of sp³-hybridized carbons (Fsp3) is 0.0370. The number of fused-ring (bicyclic) bond motifs is 2. The summed E-state index contributed by atoms with van der Waals surface area (Å²) in [5.41, 5.74) is 3.29. The first-order valence-electron chi connectivity index (χ1n) is 10.2.